The first-order valence-corrected chi connectivity index (χ1v) is 7.46. The zero-order valence-corrected chi connectivity index (χ0v) is 12.3. The molecule has 0 aromatic heterocycles. The molecule has 0 amide bonds. The Morgan fingerprint density at radius 3 is 2.25 bits per heavy atom. The van der Waals surface area contributed by atoms with E-state index < -0.39 is 29.0 Å². The zero-order valence-electron chi connectivity index (χ0n) is 11.4. The van der Waals surface area contributed by atoms with Crippen molar-refractivity contribution in [3.8, 4) is 0 Å². The molecule has 1 aromatic rings. The molecule has 0 spiro atoms. The number of hydrogen-bond acceptors (Lipinski definition) is 4. The maximum atomic E-state index is 12.9. The lowest BCUT2D eigenvalue weighted by atomic mass is 10.2. The molecular formula is C12H19F2N3O2S. The topological polar surface area (TPSA) is 75.4 Å². The summed E-state index contributed by atoms with van der Waals surface area (Å²) in [7, 11) is -0.168. The van der Waals surface area contributed by atoms with Crippen LogP contribution >= 0.6 is 0 Å². The molecule has 0 aliphatic rings. The molecule has 0 saturated heterocycles. The molecule has 20 heavy (non-hydrogen) atoms. The number of benzene rings is 1. The summed E-state index contributed by atoms with van der Waals surface area (Å²) >= 11 is 0. The van der Waals surface area contributed by atoms with Gasteiger partial charge in [-0.15, -0.1) is 0 Å². The summed E-state index contributed by atoms with van der Waals surface area (Å²) in [5.41, 5.74) is 5.78. The summed E-state index contributed by atoms with van der Waals surface area (Å²) in [5, 5.41) is 0. The molecule has 0 saturated carbocycles. The molecule has 1 rings (SSSR count). The van der Waals surface area contributed by atoms with E-state index in [2.05, 4.69) is 0 Å². The summed E-state index contributed by atoms with van der Waals surface area (Å²) < 4.78 is 51.4. The van der Waals surface area contributed by atoms with Crippen LogP contribution in [-0.2, 0) is 16.6 Å². The molecule has 1 aromatic carbocycles. The highest BCUT2D eigenvalue weighted by Crippen LogP contribution is 2.14. The fourth-order valence-electron chi connectivity index (χ4n) is 1.50. The summed E-state index contributed by atoms with van der Waals surface area (Å²) in [4.78, 5) is 1.89. The Hall–Kier alpha value is -1.09. The summed E-state index contributed by atoms with van der Waals surface area (Å²) in [6.45, 7) is -1.25. The molecule has 0 heterocycles. The Labute approximate surface area is 117 Å². The molecule has 0 aliphatic heterocycles. The summed E-state index contributed by atoms with van der Waals surface area (Å²) in [5.74, 6) is -3.25. The Kier molecular flexibility index (Phi) is 5.58. The number of alkyl halides is 2. The summed E-state index contributed by atoms with van der Waals surface area (Å²) in [6.07, 6.45) is 0. The third-order valence-corrected chi connectivity index (χ3v) is 3.97. The molecule has 0 aliphatic carbocycles. The van der Waals surface area contributed by atoms with E-state index in [9.17, 15) is 17.2 Å². The van der Waals surface area contributed by atoms with Crippen LogP contribution in [0.25, 0.3) is 0 Å². The van der Waals surface area contributed by atoms with Crippen molar-refractivity contribution in [3.05, 3.63) is 29.8 Å². The number of hydrogen-bond donors (Lipinski definition) is 2. The second kappa shape index (κ2) is 6.57. The van der Waals surface area contributed by atoms with Gasteiger partial charge in [-0.2, -0.15) is 0 Å². The van der Waals surface area contributed by atoms with Crippen LogP contribution in [0.4, 0.5) is 8.78 Å². The van der Waals surface area contributed by atoms with Gasteiger partial charge in [0.15, 0.2) is 0 Å². The van der Waals surface area contributed by atoms with Crippen molar-refractivity contribution < 1.29 is 17.2 Å². The predicted octanol–water partition coefficient (Wildman–Crippen LogP) is 0.620. The molecule has 3 N–H and O–H groups in total. The van der Waals surface area contributed by atoms with Crippen LogP contribution in [0.2, 0.25) is 0 Å². The fraction of sp³-hybridized carbons (Fsp3) is 0.500. The first-order valence-electron chi connectivity index (χ1n) is 5.97. The van der Waals surface area contributed by atoms with E-state index >= 15 is 0 Å². The fourth-order valence-corrected chi connectivity index (χ4v) is 2.56. The average Bonchev–Trinajstić information content (AvgIpc) is 2.37. The van der Waals surface area contributed by atoms with Crippen LogP contribution in [0, 0.1) is 0 Å². The number of halogens is 2. The second-order valence-electron chi connectivity index (χ2n) is 4.77. The van der Waals surface area contributed by atoms with E-state index in [0.717, 1.165) is 5.56 Å². The quantitative estimate of drug-likeness (QED) is 0.774. The molecule has 0 unspecified atom stereocenters. The number of nitrogens with zero attached hydrogens (tertiary/aromatic N) is 1. The molecule has 8 heteroatoms. The van der Waals surface area contributed by atoms with Gasteiger partial charge in [-0.3, -0.25) is 0 Å². The van der Waals surface area contributed by atoms with Crippen LogP contribution in [0.5, 0.6) is 0 Å². The third-order valence-electron chi connectivity index (χ3n) is 2.55. The van der Waals surface area contributed by atoms with Crippen LogP contribution in [-0.4, -0.2) is 46.4 Å². The van der Waals surface area contributed by atoms with E-state index in [4.69, 9.17) is 5.73 Å². The van der Waals surface area contributed by atoms with E-state index in [1.165, 1.54) is 12.1 Å². The van der Waals surface area contributed by atoms with E-state index in [1.807, 2.05) is 23.7 Å². The van der Waals surface area contributed by atoms with Crippen LogP contribution in [0.15, 0.2) is 29.2 Å². The van der Waals surface area contributed by atoms with Crippen molar-refractivity contribution in [2.24, 2.45) is 5.73 Å². The molecular weight excluding hydrogens is 288 g/mol. The Morgan fingerprint density at radius 2 is 1.80 bits per heavy atom. The SMILES string of the molecule is CN(C)Cc1ccc(S(=O)(=O)NCC(F)(F)CN)cc1. The summed E-state index contributed by atoms with van der Waals surface area (Å²) in [6, 6.07) is 6.08. The van der Waals surface area contributed by atoms with Crippen molar-refractivity contribution in [2.75, 3.05) is 27.2 Å². The Balaban J connectivity index is 2.78. The number of nitrogens with one attached hydrogen (secondary N) is 1. The van der Waals surface area contributed by atoms with Crippen molar-refractivity contribution in [1.29, 1.82) is 0 Å². The normalized spacial score (nSPS) is 12.9. The maximum Gasteiger partial charge on any atom is 0.273 e. The standard InChI is InChI=1S/C12H19F2N3O2S/c1-17(2)7-10-3-5-11(6-4-10)20(18,19)16-9-12(13,14)8-15/h3-6,16H,7-9,15H2,1-2H3. The van der Waals surface area contributed by atoms with Gasteiger partial charge < -0.3 is 10.6 Å². The van der Waals surface area contributed by atoms with Gasteiger partial charge in [-0.1, -0.05) is 12.1 Å². The first-order chi connectivity index (χ1) is 9.16. The average molecular weight is 307 g/mol. The van der Waals surface area contributed by atoms with Crippen molar-refractivity contribution in [3.63, 3.8) is 0 Å². The molecule has 0 bridgehead atoms. The van der Waals surface area contributed by atoms with Crippen LogP contribution in [0.1, 0.15) is 5.56 Å². The number of sulfonamides is 1. The van der Waals surface area contributed by atoms with Crippen LogP contribution in [0.3, 0.4) is 0 Å². The highest BCUT2D eigenvalue weighted by atomic mass is 32.2. The highest BCUT2D eigenvalue weighted by molar-refractivity contribution is 7.89. The molecule has 0 radical (unpaired) electrons. The van der Waals surface area contributed by atoms with Gasteiger partial charge >= 0.3 is 0 Å². The minimum atomic E-state index is -3.95. The van der Waals surface area contributed by atoms with Crippen molar-refractivity contribution in [1.82, 2.24) is 9.62 Å². The van der Waals surface area contributed by atoms with Gasteiger partial charge in [0.25, 0.3) is 5.92 Å². The lowest BCUT2D eigenvalue weighted by Crippen LogP contribution is -2.41. The Bertz CT molecular complexity index is 530. The lowest BCUT2D eigenvalue weighted by molar-refractivity contribution is 0.0170. The highest BCUT2D eigenvalue weighted by Gasteiger charge is 2.29. The molecule has 0 fully saturated rings. The van der Waals surface area contributed by atoms with Crippen molar-refractivity contribution in [2.45, 2.75) is 17.4 Å². The third kappa shape index (κ3) is 5.12. The number of nitrogens with two attached hydrogens (primary N) is 1. The minimum absolute atomic E-state index is 0.0483. The maximum absolute atomic E-state index is 12.9. The van der Waals surface area contributed by atoms with Gasteiger partial charge in [0, 0.05) is 6.54 Å². The van der Waals surface area contributed by atoms with Crippen molar-refractivity contribution >= 4 is 10.0 Å². The number of rotatable bonds is 7. The molecule has 5 nitrogen and oxygen atoms in total. The van der Waals surface area contributed by atoms with E-state index in [0.29, 0.717) is 6.54 Å². The van der Waals surface area contributed by atoms with Gasteiger partial charge in [-0.25, -0.2) is 21.9 Å². The van der Waals surface area contributed by atoms with Gasteiger partial charge in [0.05, 0.1) is 18.0 Å². The molecule has 114 valence electrons. The van der Waals surface area contributed by atoms with Gasteiger partial charge in [0.2, 0.25) is 10.0 Å². The lowest BCUT2D eigenvalue weighted by Gasteiger charge is -2.15. The monoisotopic (exact) mass is 307 g/mol. The predicted molar refractivity (Wildman–Crippen MR) is 73.0 cm³/mol. The van der Waals surface area contributed by atoms with E-state index in [-0.39, 0.29) is 4.90 Å². The zero-order chi connectivity index (χ0) is 15.4. The molecule has 0 atom stereocenters. The van der Waals surface area contributed by atoms with Crippen LogP contribution < -0.4 is 10.5 Å². The smallest absolute Gasteiger partial charge is 0.273 e. The second-order valence-corrected chi connectivity index (χ2v) is 6.53. The Morgan fingerprint density at radius 1 is 1.25 bits per heavy atom. The first kappa shape index (κ1) is 17.0. The minimum Gasteiger partial charge on any atom is -0.325 e. The van der Waals surface area contributed by atoms with Gasteiger partial charge in [-0.05, 0) is 31.8 Å². The van der Waals surface area contributed by atoms with E-state index in [1.54, 1.807) is 12.1 Å². The largest absolute Gasteiger partial charge is 0.325 e. The van der Waals surface area contributed by atoms with Gasteiger partial charge in [0.1, 0.15) is 0 Å².